The van der Waals surface area contributed by atoms with Gasteiger partial charge in [0, 0.05) is 7.05 Å². The minimum atomic E-state index is -4.60. The summed E-state index contributed by atoms with van der Waals surface area (Å²) in [6, 6.07) is 16.2. The number of fused-ring (bicyclic) bond motifs is 1. The smallest absolute Gasteiger partial charge is 0.269 e. The fraction of sp³-hybridized carbons (Fsp3) is 0.111. The predicted octanol–water partition coefficient (Wildman–Crippen LogP) is 4.68. The summed E-state index contributed by atoms with van der Waals surface area (Å²) in [7, 11) is -2.79. The van der Waals surface area contributed by atoms with Gasteiger partial charge in [-0.25, -0.2) is 8.42 Å². The van der Waals surface area contributed by atoms with Gasteiger partial charge in [0.2, 0.25) is 0 Å². The minimum absolute atomic E-state index is 0.371. The molecule has 3 nitrogen and oxygen atoms in total. The van der Waals surface area contributed by atoms with Gasteiger partial charge in [0.05, 0.1) is 16.1 Å². The molecule has 3 rings (SSSR count). The highest BCUT2D eigenvalue weighted by Gasteiger charge is 2.32. The molecule has 130 valence electrons. The lowest BCUT2D eigenvalue weighted by atomic mass is 10.1. The molecule has 0 bridgehead atoms. The molecule has 0 aliphatic carbocycles. The summed E-state index contributed by atoms with van der Waals surface area (Å²) < 4.78 is 64.9. The number of sulfonamides is 1. The fourth-order valence-electron chi connectivity index (χ4n) is 2.50. The first-order valence-corrected chi connectivity index (χ1v) is 8.78. The Kier molecular flexibility index (Phi) is 4.20. The van der Waals surface area contributed by atoms with Gasteiger partial charge in [-0.1, -0.05) is 36.4 Å². The summed E-state index contributed by atoms with van der Waals surface area (Å²) in [5, 5.41) is 1.78. The molecule has 0 heterocycles. The van der Waals surface area contributed by atoms with E-state index in [0.29, 0.717) is 11.8 Å². The van der Waals surface area contributed by atoms with Crippen LogP contribution in [0.3, 0.4) is 0 Å². The van der Waals surface area contributed by atoms with Gasteiger partial charge >= 0.3 is 6.18 Å². The van der Waals surface area contributed by atoms with Crippen LogP contribution in [0.2, 0.25) is 0 Å². The second-order valence-electron chi connectivity index (χ2n) is 5.53. The van der Waals surface area contributed by atoms with Crippen LogP contribution >= 0.6 is 0 Å². The van der Waals surface area contributed by atoms with E-state index in [0.717, 1.165) is 33.3 Å². The third kappa shape index (κ3) is 3.32. The monoisotopic (exact) mass is 365 g/mol. The van der Waals surface area contributed by atoms with E-state index in [1.54, 1.807) is 18.2 Å². The summed E-state index contributed by atoms with van der Waals surface area (Å²) >= 11 is 0. The Morgan fingerprint density at radius 2 is 1.52 bits per heavy atom. The molecule has 0 spiro atoms. The van der Waals surface area contributed by atoms with Crippen LogP contribution in [0.5, 0.6) is 0 Å². The molecule has 25 heavy (non-hydrogen) atoms. The molecule has 0 unspecified atom stereocenters. The lowest BCUT2D eigenvalue weighted by molar-refractivity contribution is -0.137. The molecule has 0 fully saturated rings. The van der Waals surface area contributed by atoms with Crippen LogP contribution in [0.4, 0.5) is 18.9 Å². The fourth-order valence-corrected chi connectivity index (χ4v) is 3.74. The maximum Gasteiger partial charge on any atom is 0.416 e. The Morgan fingerprint density at radius 1 is 0.840 bits per heavy atom. The average molecular weight is 365 g/mol. The standard InChI is InChI=1S/C18H14F3NO2S/c1-22(16-10-9-13-5-2-3-6-14(13)11-16)25(23,24)17-8-4-7-15(12-17)18(19,20)21/h2-12H,1H3. The predicted molar refractivity (Wildman–Crippen MR) is 91.0 cm³/mol. The third-order valence-corrected chi connectivity index (χ3v) is 5.70. The molecule has 3 aromatic carbocycles. The Morgan fingerprint density at radius 3 is 2.20 bits per heavy atom. The zero-order chi connectivity index (χ0) is 18.2. The van der Waals surface area contributed by atoms with E-state index in [1.165, 1.54) is 7.05 Å². The minimum Gasteiger partial charge on any atom is -0.269 e. The van der Waals surface area contributed by atoms with Gasteiger partial charge in [-0.3, -0.25) is 4.31 Å². The summed E-state index contributed by atoms with van der Waals surface area (Å²) in [6.45, 7) is 0. The largest absolute Gasteiger partial charge is 0.416 e. The molecule has 0 aromatic heterocycles. The van der Waals surface area contributed by atoms with Crippen LogP contribution in [0, 0.1) is 0 Å². The number of nitrogens with zero attached hydrogens (tertiary/aromatic N) is 1. The van der Waals surface area contributed by atoms with Crippen molar-refractivity contribution in [3.63, 3.8) is 0 Å². The van der Waals surface area contributed by atoms with Crippen molar-refractivity contribution in [3.8, 4) is 0 Å². The second kappa shape index (κ2) is 6.07. The van der Waals surface area contributed by atoms with E-state index in [-0.39, 0.29) is 0 Å². The Balaban J connectivity index is 2.04. The van der Waals surface area contributed by atoms with Crippen LogP contribution in [-0.4, -0.2) is 15.5 Å². The highest BCUT2D eigenvalue weighted by Crippen LogP contribution is 2.32. The highest BCUT2D eigenvalue weighted by molar-refractivity contribution is 7.92. The Bertz CT molecular complexity index is 1030. The first kappa shape index (κ1) is 17.3. The van der Waals surface area contributed by atoms with Crippen molar-refractivity contribution in [3.05, 3.63) is 72.3 Å². The highest BCUT2D eigenvalue weighted by atomic mass is 32.2. The molecule has 3 aromatic rings. The third-order valence-electron chi connectivity index (χ3n) is 3.92. The first-order chi connectivity index (χ1) is 11.7. The Labute approximate surface area is 143 Å². The number of benzene rings is 3. The van der Waals surface area contributed by atoms with E-state index in [4.69, 9.17) is 0 Å². The van der Waals surface area contributed by atoms with Crippen molar-refractivity contribution in [1.29, 1.82) is 0 Å². The number of halogens is 3. The van der Waals surface area contributed by atoms with Crippen LogP contribution in [0.15, 0.2) is 71.6 Å². The molecular weight excluding hydrogens is 351 g/mol. The summed E-state index contributed by atoms with van der Waals surface area (Å²) in [5.74, 6) is 0. The van der Waals surface area contributed by atoms with Crippen molar-refractivity contribution in [2.45, 2.75) is 11.1 Å². The Hall–Kier alpha value is -2.54. The molecule has 0 aliphatic rings. The summed E-state index contributed by atoms with van der Waals surface area (Å²) in [6.07, 6.45) is -4.60. The van der Waals surface area contributed by atoms with Crippen molar-refractivity contribution in [2.75, 3.05) is 11.4 Å². The molecule has 0 radical (unpaired) electrons. The number of hydrogen-bond acceptors (Lipinski definition) is 2. The van der Waals surface area contributed by atoms with Gasteiger partial charge in [-0.15, -0.1) is 0 Å². The van der Waals surface area contributed by atoms with Crippen molar-refractivity contribution >= 4 is 26.5 Å². The molecule has 0 N–H and O–H groups in total. The van der Waals surface area contributed by atoms with Gasteiger partial charge in [-0.2, -0.15) is 13.2 Å². The second-order valence-corrected chi connectivity index (χ2v) is 7.50. The van der Waals surface area contributed by atoms with Gasteiger partial charge in [0.25, 0.3) is 10.0 Å². The van der Waals surface area contributed by atoms with Crippen molar-refractivity contribution < 1.29 is 21.6 Å². The molecule has 7 heteroatoms. The van der Waals surface area contributed by atoms with Crippen molar-refractivity contribution in [2.24, 2.45) is 0 Å². The number of hydrogen-bond donors (Lipinski definition) is 0. The lowest BCUT2D eigenvalue weighted by Crippen LogP contribution is -2.26. The van der Waals surface area contributed by atoms with Crippen LogP contribution in [-0.2, 0) is 16.2 Å². The molecule has 0 atom stereocenters. The number of alkyl halides is 3. The maximum absolute atomic E-state index is 12.8. The van der Waals surface area contributed by atoms with E-state index >= 15 is 0 Å². The number of anilines is 1. The first-order valence-electron chi connectivity index (χ1n) is 7.34. The van der Waals surface area contributed by atoms with Gasteiger partial charge in [0.15, 0.2) is 0 Å². The lowest BCUT2D eigenvalue weighted by Gasteiger charge is -2.20. The van der Waals surface area contributed by atoms with Crippen molar-refractivity contribution in [1.82, 2.24) is 0 Å². The molecule has 0 saturated heterocycles. The zero-order valence-electron chi connectivity index (χ0n) is 13.2. The summed E-state index contributed by atoms with van der Waals surface area (Å²) in [5.41, 5.74) is -0.628. The average Bonchev–Trinajstić information content (AvgIpc) is 2.60. The normalized spacial score (nSPS) is 12.3. The van der Waals surface area contributed by atoms with Crippen LogP contribution in [0.1, 0.15) is 5.56 Å². The van der Waals surface area contributed by atoms with Crippen LogP contribution in [0.25, 0.3) is 10.8 Å². The van der Waals surface area contributed by atoms with Gasteiger partial charge < -0.3 is 0 Å². The molecule has 0 amide bonds. The van der Waals surface area contributed by atoms with Gasteiger partial charge in [-0.05, 0) is 41.1 Å². The van der Waals surface area contributed by atoms with E-state index in [2.05, 4.69) is 0 Å². The topological polar surface area (TPSA) is 37.4 Å². The zero-order valence-corrected chi connectivity index (χ0v) is 14.0. The molecule has 0 saturated carbocycles. The van der Waals surface area contributed by atoms with E-state index < -0.39 is 26.7 Å². The maximum atomic E-state index is 12.8. The summed E-state index contributed by atoms with van der Waals surface area (Å²) in [4.78, 5) is -0.405. The SMILES string of the molecule is CN(c1ccc2ccccc2c1)S(=O)(=O)c1cccc(C(F)(F)F)c1. The number of rotatable bonds is 3. The van der Waals surface area contributed by atoms with E-state index in [9.17, 15) is 21.6 Å². The molecule has 0 aliphatic heterocycles. The molecular formula is C18H14F3NO2S. The quantitative estimate of drug-likeness (QED) is 0.676. The van der Waals surface area contributed by atoms with E-state index in [1.807, 2.05) is 24.3 Å². The van der Waals surface area contributed by atoms with Crippen LogP contribution < -0.4 is 4.31 Å². The van der Waals surface area contributed by atoms with Gasteiger partial charge in [0.1, 0.15) is 0 Å².